The van der Waals surface area contributed by atoms with E-state index in [9.17, 15) is 4.79 Å². The first-order valence-corrected chi connectivity index (χ1v) is 5.87. The van der Waals surface area contributed by atoms with E-state index >= 15 is 0 Å². The molecule has 0 bridgehead atoms. The number of H-pyrrole nitrogens is 1. The number of aromatic amines is 1. The highest BCUT2D eigenvalue weighted by Crippen LogP contribution is 2.14. The normalized spacial score (nSPS) is 10.3. The van der Waals surface area contributed by atoms with Gasteiger partial charge >= 0.3 is 0 Å². The first kappa shape index (κ1) is 12.3. The van der Waals surface area contributed by atoms with Crippen LogP contribution in [0, 0.1) is 13.8 Å². The third-order valence-corrected chi connectivity index (χ3v) is 2.90. The lowest BCUT2D eigenvalue weighted by Gasteiger charge is -2.03. The Bertz CT molecular complexity index is 533. The fourth-order valence-corrected chi connectivity index (χ4v) is 1.61. The van der Waals surface area contributed by atoms with E-state index in [0.717, 1.165) is 16.8 Å². The summed E-state index contributed by atoms with van der Waals surface area (Å²) in [6.07, 6.45) is 4.61. The number of aryl methyl sites for hydroxylation is 2. The second-order valence-electron chi connectivity index (χ2n) is 4.23. The molecule has 2 N–H and O–H groups in total. The molecule has 1 amide bonds. The van der Waals surface area contributed by atoms with Crippen LogP contribution in [-0.2, 0) is 11.2 Å². The number of anilines is 1. The molecule has 2 aromatic rings. The lowest BCUT2D eigenvalue weighted by molar-refractivity contribution is -0.116. The van der Waals surface area contributed by atoms with Gasteiger partial charge in [0.15, 0.2) is 5.82 Å². The van der Waals surface area contributed by atoms with Crippen molar-refractivity contribution in [1.29, 1.82) is 0 Å². The van der Waals surface area contributed by atoms with E-state index in [1.54, 1.807) is 12.4 Å². The van der Waals surface area contributed by atoms with Crippen LogP contribution in [0.1, 0.15) is 23.2 Å². The maximum Gasteiger partial charge on any atom is 0.225 e. The number of hydrogen-bond donors (Lipinski definition) is 2. The van der Waals surface area contributed by atoms with Gasteiger partial charge in [-0.2, -0.15) is 5.10 Å². The number of hydrogen-bond acceptors (Lipinski definition) is 3. The van der Waals surface area contributed by atoms with E-state index in [-0.39, 0.29) is 5.91 Å². The van der Waals surface area contributed by atoms with Gasteiger partial charge in [-0.3, -0.25) is 14.9 Å². The summed E-state index contributed by atoms with van der Waals surface area (Å²) in [6.45, 7) is 3.85. The van der Waals surface area contributed by atoms with E-state index in [2.05, 4.69) is 20.5 Å². The highest BCUT2D eigenvalue weighted by molar-refractivity contribution is 5.90. The van der Waals surface area contributed by atoms with Crippen LogP contribution >= 0.6 is 0 Å². The molecule has 0 atom stereocenters. The lowest BCUT2D eigenvalue weighted by Crippen LogP contribution is -2.13. The van der Waals surface area contributed by atoms with Crippen LogP contribution in [-0.4, -0.2) is 21.1 Å². The zero-order valence-electron chi connectivity index (χ0n) is 10.5. The molecule has 0 unspecified atom stereocenters. The maximum absolute atomic E-state index is 11.8. The Morgan fingerprint density at radius 1 is 1.33 bits per heavy atom. The smallest absolute Gasteiger partial charge is 0.225 e. The van der Waals surface area contributed by atoms with E-state index in [0.29, 0.717) is 18.7 Å². The number of nitrogens with one attached hydrogen (secondary N) is 2. The minimum Gasteiger partial charge on any atom is -0.309 e. The van der Waals surface area contributed by atoms with Crippen molar-refractivity contribution in [2.75, 3.05) is 5.32 Å². The van der Waals surface area contributed by atoms with Crippen molar-refractivity contribution in [3.05, 3.63) is 41.3 Å². The molecular formula is C13H16N4O. The number of carbonyl (C=O) groups excluding carboxylic acids is 1. The van der Waals surface area contributed by atoms with E-state index < -0.39 is 0 Å². The summed E-state index contributed by atoms with van der Waals surface area (Å²) in [5.74, 6) is 0.591. The average Bonchev–Trinajstić information content (AvgIpc) is 2.70. The largest absolute Gasteiger partial charge is 0.309 e. The third kappa shape index (κ3) is 2.94. The van der Waals surface area contributed by atoms with E-state index in [1.165, 1.54) is 0 Å². The molecule has 2 aromatic heterocycles. The lowest BCUT2D eigenvalue weighted by atomic mass is 10.1. The monoisotopic (exact) mass is 244 g/mol. The molecule has 2 heterocycles. The third-order valence-electron chi connectivity index (χ3n) is 2.90. The Kier molecular flexibility index (Phi) is 3.72. The van der Waals surface area contributed by atoms with Gasteiger partial charge in [-0.05, 0) is 38.0 Å². The molecule has 0 saturated carbocycles. The number of rotatable bonds is 4. The van der Waals surface area contributed by atoms with Gasteiger partial charge in [-0.15, -0.1) is 0 Å². The molecule has 94 valence electrons. The van der Waals surface area contributed by atoms with Crippen LogP contribution < -0.4 is 5.32 Å². The highest BCUT2D eigenvalue weighted by Gasteiger charge is 2.09. The molecular weight excluding hydrogens is 228 g/mol. The number of carbonyl (C=O) groups is 1. The molecule has 2 rings (SSSR count). The Balaban J connectivity index is 1.88. The molecule has 0 fully saturated rings. The SMILES string of the molecule is Cc1[nH]nc(NC(=O)CCc2ccncc2)c1C. The average molecular weight is 244 g/mol. The van der Waals surface area contributed by atoms with Crippen molar-refractivity contribution in [2.24, 2.45) is 0 Å². The number of pyridine rings is 1. The van der Waals surface area contributed by atoms with Crippen LogP contribution in [0.25, 0.3) is 0 Å². The predicted molar refractivity (Wildman–Crippen MR) is 69.2 cm³/mol. The summed E-state index contributed by atoms with van der Waals surface area (Å²) in [7, 11) is 0. The van der Waals surface area contributed by atoms with Crippen molar-refractivity contribution < 1.29 is 4.79 Å². The maximum atomic E-state index is 11.8. The van der Waals surface area contributed by atoms with Crippen molar-refractivity contribution in [3.63, 3.8) is 0 Å². The molecule has 0 saturated heterocycles. The predicted octanol–water partition coefficient (Wildman–Crippen LogP) is 1.99. The highest BCUT2D eigenvalue weighted by atomic mass is 16.1. The Morgan fingerprint density at radius 2 is 2.06 bits per heavy atom. The van der Waals surface area contributed by atoms with Gasteiger partial charge in [0.25, 0.3) is 0 Å². The molecule has 0 aliphatic heterocycles. The molecule has 0 aliphatic rings. The molecule has 0 spiro atoms. The molecule has 5 heteroatoms. The van der Waals surface area contributed by atoms with Crippen molar-refractivity contribution >= 4 is 11.7 Å². The Hall–Kier alpha value is -2.17. The van der Waals surface area contributed by atoms with Crippen LogP contribution in [0.3, 0.4) is 0 Å². The summed E-state index contributed by atoms with van der Waals surface area (Å²) in [6, 6.07) is 3.83. The summed E-state index contributed by atoms with van der Waals surface area (Å²) in [5, 5.41) is 9.69. The van der Waals surface area contributed by atoms with Crippen LogP contribution in [0.2, 0.25) is 0 Å². The van der Waals surface area contributed by atoms with Gasteiger partial charge in [0.05, 0.1) is 0 Å². The Labute approximate surface area is 106 Å². The van der Waals surface area contributed by atoms with Gasteiger partial charge in [-0.25, -0.2) is 0 Å². The van der Waals surface area contributed by atoms with Crippen molar-refractivity contribution in [1.82, 2.24) is 15.2 Å². The molecule has 0 radical (unpaired) electrons. The second-order valence-corrected chi connectivity index (χ2v) is 4.23. The minimum absolute atomic E-state index is 0.0265. The van der Waals surface area contributed by atoms with Gasteiger partial charge < -0.3 is 5.32 Å². The summed E-state index contributed by atoms with van der Waals surface area (Å²) in [5.41, 5.74) is 3.06. The summed E-state index contributed by atoms with van der Waals surface area (Å²) in [4.78, 5) is 15.7. The van der Waals surface area contributed by atoms with E-state index in [4.69, 9.17) is 0 Å². The summed E-state index contributed by atoms with van der Waals surface area (Å²) >= 11 is 0. The molecule has 5 nitrogen and oxygen atoms in total. The first-order valence-electron chi connectivity index (χ1n) is 5.87. The van der Waals surface area contributed by atoms with Gasteiger partial charge in [0.1, 0.15) is 0 Å². The van der Waals surface area contributed by atoms with Crippen molar-refractivity contribution in [3.8, 4) is 0 Å². The van der Waals surface area contributed by atoms with Crippen molar-refractivity contribution in [2.45, 2.75) is 26.7 Å². The fourth-order valence-electron chi connectivity index (χ4n) is 1.61. The summed E-state index contributed by atoms with van der Waals surface area (Å²) < 4.78 is 0. The van der Waals surface area contributed by atoms with Gasteiger partial charge in [-0.1, -0.05) is 0 Å². The van der Waals surface area contributed by atoms with E-state index in [1.807, 2.05) is 26.0 Å². The first-order chi connectivity index (χ1) is 8.66. The molecule has 18 heavy (non-hydrogen) atoms. The second kappa shape index (κ2) is 5.44. The zero-order chi connectivity index (χ0) is 13.0. The minimum atomic E-state index is -0.0265. The number of amides is 1. The fraction of sp³-hybridized carbons (Fsp3) is 0.308. The standard InChI is InChI=1S/C13H16N4O/c1-9-10(2)16-17-13(9)15-12(18)4-3-11-5-7-14-8-6-11/h5-8H,3-4H2,1-2H3,(H2,15,16,17,18). The zero-order valence-corrected chi connectivity index (χ0v) is 10.5. The van der Waals surface area contributed by atoms with Gasteiger partial charge in [0.2, 0.25) is 5.91 Å². The topological polar surface area (TPSA) is 70.7 Å². The van der Waals surface area contributed by atoms with Crippen LogP contribution in [0.15, 0.2) is 24.5 Å². The number of aromatic nitrogens is 3. The number of nitrogens with zero attached hydrogens (tertiary/aromatic N) is 2. The molecule has 0 aromatic carbocycles. The van der Waals surface area contributed by atoms with Crippen LogP contribution in [0.5, 0.6) is 0 Å². The van der Waals surface area contributed by atoms with Crippen LogP contribution in [0.4, 0.5) is 5.82 Å². The van der Waals surface area contributed by atoms with Gasteiger partial charge in [0, 0.05) is 30.1 Å². The Morgan fingerprint density at radius 3 is 2.67 bits per heavy atom. The quantitative estimate of drug-likeness (QED) is 0.864. The molecule has 0 aliphatic carbocycles.